The Labute approximate surface area is 192 Å². The van der Waals surface area contributed by atoms with Crippen molar-refractivity contribution in [1.29, 1.82) is 0 Å². The topological polar surface area (TPSA) is 106 Å². The van der Waals surface area contributed by atoms with Crippen LogP contribution in [0.5, 0.6) is 0 Å². The highest BCUT2D eigenvalue weighted by Crippen LogP contribution is 2.25. The van der Waals surface area contributed by atoms with E-state index in [0.717, 1.165) is 28.2 Å². The molecule has 4 heterocycles. The predicted molar refractivity (Wildman–Crippen MR) is 128 cm³/mol. The molecule has 0 spiro atoms. The van der Waals surface area contributed by atoms with Crippen molar-refractivity contribution in [3.8, 4) is 22.5 Å². The van der Waals surface area contributed by atoms with E-state index in [9.17, 15) is 9.50 Å². The van der Waals surface area contributed by atoms with Crippen molar-refractivity contribution in [2.24, 2.45) is 5.73 Å². The molecule has 2 atom stereocenters. The van der Waals surface area contributed by atoms with Gasteiger partial charge in [0.1, 0.15) is 17.6 Å². The number of fused-ring (bicyclic) bond motifs is 1. The molecule has 0 aromatic carbocycles. The predicted octanol–water partition coefficient (Wildman–Crippen LogP) is 3.52. The molecule has 0 aliphatic rings. The molecule has 0 aliphatic heterocycles. The van der Waals surface area contributed by atoms with E-state index >= 15 is 0 Å². The van der Waals surface area contributed by atoms with Crippen LogP contribution in [0.1, 0.15) is 27.2 Å². The van der Waals surface area contributed by atoms with Gasteiger partial charge in [-0.15, -0.1) is 0 Å². The fraction of sp³-hybridized carbons (Fsp3) is 0.375. The largest absolute Gasteiger partial charge is 0.389 e. The molecule has 9 heteroatoms. The van der Waals surface area contributed by atoms with Crippen molar-refractivity contribution in [1.82, 2.24) is 24.1 Å². The molecule has 33 heavy (non-hydrogen) atoms. The second-order valence-electron chi connectivity index (χ2n) is 8.85. The van der Waals surface area contributed by atoms with E-state index in [4.69, 9.17) is 10.7 Å². The minimum Gasteiger partial charge on any atom is -0.389 e. The van der Waals surface area contributed by atoms with Gasteiger partial charge in [0, 0.05) is 30.1 Å². The maximum Gasteiger partial charge on any atom is 0.137 e. The van der Waals surface area contributed by atoms with Crippen molar-refractivity contribution >= 4 is 11.5 Å². The number of nitrogens with zero attached hydrogens (tertiary/aromatic N) is 5. The van der Waals surface area contributed by atoms with Crippen molar-refractivity contribution in [2.45, 2.75) is 51.6 Å². The van der Waals surface area contributed by atoms with Gasteiger partial charge in [-0.25, -0.2) is 14.4 Å². The number of aliphatic hydroxyl groups is 1. The van der Waals surface area contributed by atoms with Crippen molar-refractivity contribution in [3.05, 3.63) is 55.1 Å². The Morgan fingerprint density at radius 2 is 1.97 bits per heavy atom. The fourth-order valence-corrected chi connectivity index (χ4v) is 3.80. The molecule has 4 aromatic heterocycles. The normalized spacial score (nSPS) is 13.9. The summed E-state index contributed by atoms with van der Waals surface area (Å²) in [5, 5.41) is 17.6. The number of aromatic nitrogens is 5. The van der Waals surface area contributed by atoms with Crippen LogP contribution in [0, 0.1) is 0 Å². The second kappa shape index (κ2) is 9.29. The summed E-state index contributed by atoms with van der Waals surface area (Å²) in [5.74, 6) is 0.592. The van der Waals surface area contributed by atoms with Crippen LogP contribution in [0.3, 0.4) is 0 Å². The van der Waals surface area contributed by atoms with E-state index < -0.39 is 17.8 Å². The number of hydrogen-bond donors (Lipinski definition) is 3. The van der Waals surface area contributed by atoms with Gasteiger partial charge in [-0.2, -0.15) is 5.10 Å². The van der Waals surface area contributed by atoms with Crippen LogP contribution < -0.4 is 11.1 Å². The summed E-state index contributed by atoms with van der Waals surface area (Å²) in [6.07, 6.45) is 6.92. The molecule has 0 unspecified atom stereocenters. The molecule has 0 amide bonds. The zero-order valence-electron chi connectivity index (χ0n) is 19.1. The minimum absolute atomic E-state index is 0.0341. The van der Waals surface area contributed by atoms with Crippen LogP contribution in [-0.2, 0) is 6.54 Å². The third-order valence-corrected chi connectivity index (χ3v) is 5.47. The van der Waals surface area contributed by atoms with Gasteiger partial charge >= 0.3 is 0 Å². The number of halogens is 1. The van der Waals surface area contributed by atoms with Crippen LogP contribution in [-0.4, -0.2) is 53.6 Å². The average molecular weight is 452 g/mol. The van der Waals surface area contributed by atoms with E-state index in [1.165, 1.54) is 0 Å². The first-order chi connectivity index (χ1) is 15.8. The molecule has 4 N–H and O–H groups in total. The van der Waals surface area contributed by atoms with Crippen molar-refractivity contribution in [2.75, 3.05) is 11.9 Å². The molecule has 8 nitrogen and oxygen atoms in total. The number of nitrogens with two attached hydrogens (primary N) is 1. The van der Waals surface area contributed by atoms with Crippen LogP contribution >= 0.6 is 0 Å². The van der Waals surface area contributed by atoms with Crippen molar-refractivity contribution in [3.63, 3.8) is 0 Å². The quantitative estimate of drug-likeness (QED) is 0.360. The summed E-state index contributed by atoms with van der Waals surface area (Å²) >= 11 is 0. The first-order valence-electron chi connectivity index (χ1n) is 11.1. The van der Waals surface area contributed by atoms with Gasteiger partial charge in [0.15, 0.2) is 0 Å². The van der Waals surface area contributed by atoms with E-state index in [2.05, 4.69) is 15.4 Å². The molecule has 4 aromatic rings. The summed E-state index contributed by atoms with van der Waals surface area (Å²) in [7, 11) is 0. The summed E-state index contributed by atoms with van der Waals surface area (Å²) in [5.41, 5.74) is 8.89. The number of alkyl halides is 1. The summed E-state index contributed by atoms with van der Waals surface area (Å²) in [6.45, 7) is 5.78. The molecule has 0 radical (unpaired) electrons. The number of imidazole rings is 1. The molecule has 0 bridgehead atoms. The van der Waals surface area contributed by atoms with Gasteiger partial charge in [-0.1, -0.05) is 13.0 Å². The number of nitrogens with one attached hydrogen (secondary N) is 1. The molecule has 0 aliphatic carbocycles. The zero-order chi connectivity index (χ0) is 23.6. The van der Waals surface area contributed by atoms with Gasteiger partial charge in [0.25, 0.3) is 0 Å². The lowest BCUT2D eigenvalue weighted by molar-refractivity contribution is 0.0577. The first kappa shape index (κ1) is 22.9. The van der Waals surface area contributed by atoms with Crippen LogP contribution in [0.15, 0.2) is 55.1 Å². The summed E-state index contributed by atoms with van der Waals surface area (Å²) < 4.78 is 17.8. The maximum absolute atomic E-state index is 14.1. The number of rotatable bonds is 9. The Bertz CT molecular complexity index is 1230. The smallest absolute Gasteiger partial charge is 0.137 e. The lowest BCUT2D eigenvalue weighted by Crippen LogP contribution is -2.35. The second-order valence-corrected chi connectivity index (χ2v) is 8.85. The number of hydrogen-bond acceptors (Lipinski definition) is 6. The summed E-state index contributed by atoms with van der Waals surface area (Å²) in [4.78, 5) is 9.20. The lowest BCUT2D eigenvalue weighted by atomic mass is 10.1. The highest BCUT2D eigenvalue weighted by atomic mass is 19.1. The Morgan fingerprint density at radius 1 is 1.15 bits per heavy atom. The van der Waals surface area contributed by atoms with Gasteiger partial charge in [-0.3, -0.25) is 9.08 Å². The molecule has 0 fully saturated rings. The van der Waals surface area contributed by atoms with Gasteiger partial charge < -0.3 is 16.2 Å². The van der Waals surface area contributed by atoms with Crippen molar-refractivity contribution < 1.29 is 9.50 Å². The standard InChI is InChI=1S/C24H30FN7O/c1-4-19(18(25)10-26)29-22-7-5-6-20(30-22)21-12-27-23-9-8-16(14-32(21)23)17-11-28-31(13-17)15-24(2,3)33/h5-9,11-14,18-19,33H,4,10,15,26H2,1-3H3,(H,29,30)/t18-,19+/m1/s1. The van der Waals surface area contributed by atoms with E-state index in [-0.39, 0.29) is 6.54 Å². The Morgan fingerprint density at radius 3 is 2.70 bits per heavy atom. The van der Waals surface area contributed by atoms with Crippen LogP contribution in [0.25, 0.3) is 28.2 Å². The zero-order valence-corrected chi connectivity index (χ0v) is 19.1. The number of anilines is 1. The van der Waals surface area contributed by atoms with Crippen LogP contribution in [0.4, 0.5) is 10.2 Å². The molecule has 174 valence electrons. The molecular formula is C24H30FN7O. The Balaban J connectivity index is 1.65. The highest BCUT2D eigenvalue weighted by molar-refractivity contribution is 5.67. The maximum atomic E-state index is 14.1. The third kappa shape index (κ3) is 5.20. The Kier molecular flexibility index (Phi) is 6.44. The first-order valence-corrected chi connectivity index (χ1v) is 11.1. The van der Waals surface area contributed by atoms with Gasteiger partial charge in [-0.05, 0) is 44.5 Å². The van der Waals surface area contributed by atoms with E-state index in [0.29, 0.717) is 18.8 Å². The minimum atomic E-state index is -1.14. The van der Waals surface area contributed by atoms with Gasteiger partial charge in [0.2, 0.25) is 0 Å². The lowest BCUT2D eigenvalue weighted by Gasteiger charge is -2.20. The number of pyridine rings is 2. The molecule has 4 rings (SSSR count). The van der Waals surface area contributed by atoms with Crippen LogP contribution in [0.2, 0.25) is 0 Å². The monoisotopic (exact) mass is 451 g/mol. The summed E-state index contributed by atoms with van der Waals surface area (Å²) in [6, 6.07) is 9.14. The van der Waals surface area contributed by atoms with E-state index in [1.807, 2.05) is 54.0 Å². The van der Waals surface area contributed by atoms with Gasteiger partial charge in [0.05, 0.1) is 42.0 Å². The molecular weight excluding hydrogens is 421 g/mol. The average Bonchev–Trinajstić information content (AvgIpc) is 3.42. The molecule has 0 saturated heterocycles. The highest BCUT2D eigenvalue weighted by Gasteiger charge is 2.19. The Hall–Kier alpha value is -3.30. The fourth-order valence-electron chi connectivity index (χ4n) is 3.80. The molecule has 0 saturated carbocycles. The SMILES string of the molecule is CC[C@H](Nc1cccc(-c2cnc3ccc(-c4cnn(CC(C)(C)O)c4)cn23)n1)[C@H](F)CN. The van der Waals surface area contributed by atoms with E-state index in [1.54, 1.807) is 30.9 Å². The third-order valence-electron chi connectivity index (χ3n) is 5.47.